The Morgan fingerprint density at radius 2 is 0.732 bits per heavy atom. The molecule has 0 saturated carbocycles. The largest absolute Gasteiger partial charge is 0.457 e. The zero-order valence-electron chi connectivity index (χ0n) is 30.3. The normalized spacial score (nSPS) is 12.8. The van der Waals surface area contributed by atoms with Crippen molar-refractivity contribution in [2.45, 2.75) is 5.41 Å². The Bertz CT molecular complexity index is 2820. The molecule has 0 unspecified atom stereocenters. The van der Waals surface area contributed by atoms with Crippen molar-refractivity contribution in [1.29, 1.82) is 0 Å². The van der Waals surface area contributed by atoms with Gasteiger partial charge in [0.2, 0.25) is 0 Å². The van der Waals surface area contributed by atoms with E-state index in [1.807, 2.05) is 97.1 Å². The average Bonchev–Trinajstić information content (AvgIpc) is 3.74. The first-order chi connectivity index (χ1) is 27.7. The van der Waals surface area contributed by atoms with E-state index in [2.05, 4.69) is 103 Å². The van der Waals surface area contributed by atoms with Crippen molar-refractivity contribution in [2.75, 3.05) is 0 Å². The summed E-state index contributed by atoms with van der Waals surface area (Å²) in [6.45, 7) is 0. The molecular formula is C52H33N3O. The molecule has 0 amide bonds. The third kappa shape index (κ3) is 5.04. The summed E-state index contributed by atoms with van der Waals surface area (Å²) in [6, 6.07) is 70.1. The maximum atomic E-state index is 6.46. The fraction of sp³-hybridized carbons (Fsp3) is 0.0192. The van der Waals surface area contributed by atoms with Crippen molar-refractivity contribution in [2.24, 2.45) is 0 Å². The van der Waals surface area contributed by atoms with E-state index >= 15 is 0 Å². The van der Waals surface area contributed by atoms with Crippen LogP contribution < -0.4 is 4.74 Å². The summed E-state index contributed by atoms with van der Waals surface area (Å²) in [5.74, 6) is 3.29. The van der Waals surface area contributed by atoms with Crippen LogP contribution in [0.1, 0.15) is 22.3 Å². The molecule has 9 aromatic rings. The van der Waals surface area contributed by atoms with Crippen LogP contribution >= 0.6 is 0 Å². The summed E-state index contributed by atoms with van der Waals surface area (Å²) in [5, 5.41) is 0. The van der Waals surface area contributed by atoms with E-state index in [4.69, 9.17) is 19.7 Å². The molecule has 56 heavy (non-hydrogen) atoms. The third-order valence-electron chi connectivity index (χ3n) is 11.2. The fourth-order valence-corrected chi connectivity index (χ4v) is 8.76. The quantitative estimate of drug-likeness (QED) is 0.172. The molecule has 0 N–H and O–H groups in total. The van der Waals surface area contributed by atoms with E-state index in [9.17, 15) is 0 Å². The Kier molecular flexibility index (Phi) is 7.36. The predicted molar refractivity (Wildman–Crippen MR) is 224 cm³/mol. The zero-order chi connectivity index (χ0) is 37.1. The van der Waals surface area contributed by atoms with Gasteiger partial charge in [0.05, 0.1) is 5.41 Å². The first kappa shape index (κ1) is 32.0. The highest BCUT2D eigenvalue weighted by Crippen LogP contribution is 2.63. The van der Waals surface area contributed by atoms with Crippen molar-refractivity contribution in [3.05, 3.63) is 222 Å². The van der Waals surface area contributed by atoms with Gasteiger partial charge in [0.1, 0.15) is 11.5 Å². The number of rotatable bonds is 6. The molecule has 1 spiro atoms. The zero-order valence-corrected chi connectivity index (χ0v) is 30.3. The fourth-order valence-electron chi connectivity index (χ4n) is 8.76. The molecule has 0 bridgehead atoms. The van der Waals surface area contributed by atoms with Gasteiger partial charge in [-0.1, -0.05) is 170 Å². The van der Waals surface area contributed by atoms with Crippen molar-refractivity contribution < 1.29 is 4.74 Å². The molecule has 0 atom stereocenters. The van der Waals surface area contributed by atoms with E-state index in [0.717, 1.165) is 28.0 Å². The van der Waals surface area contributed by atoms with E-state index in [1.165, 1.54) is 50.1 Å². The summed E-state index contributed by atoms with van der Waals surface area (Å²) in [7, 11) is 0. The van der Waals surface area contributed by atoms with Gasteiger partial charge >= 0.3 is 0 Å². The lowest BCUT2D eigenvalue weighted by Gasteiger charge is -2.30. The average molecular weight is 716 g/mol. The van der Waals surface area contributed by atoms with Gasteiger partial charge in [0, 0.05) is 16.7 Å². The van der Waals surface area contributed by atoms with Crippen molar-refractivity contribution in [3.63, 3.8) is 0 Å². The molecule has 11 rings (SSSR count). The van der Waals surface area contributed by atoms with Gasteiger partial charge in [-0.2, -0.15) is 0 Å². The van der Waals surface area contributed by atoms with Gasteiger partial charge in [-0.05, 0) is 86.0 Å². The molecule has 2 aliphatic carbocycles. The van der Waals surface area contributed by atoms with Gasteiger partial charge in [0.25, 0.3) is 0 Å². The maximum Gasteiger partial charge on any atom is 0.164 e. The Morgan fingerprint density at radius 3 is 1.29 bits per heavy atom. The number of hydrogen-bond acceptors (Lipinski definition) is 4. The molecule has 262 valence electrons. The van der Waals surface area contributed by atoms with Crippen molar-refractivity contribution in [3.8, 4) is 79.0 Å². The topological polar surface area (TPSA) is 47.9 Å². The number of hydrogen-bond donors (Lipinski definition) is 0. The molecule has 1 aromatic heterocycles. The lowest BCUT2D eigenvalue weighted by atomic mass is 9.70. The highest BCUT2D eigenvalue weighted by Gasteiger charge is 2.51. The number of aromatic nitrogens is 3. The Labute approximate surface area is 325 Å². The van der Waals surface area contributed by atoms with Crippen molar-refractivity contribution >= 4 is 0 Å². The van der Waals surface area contributed by atoms with Crippen LogP contribution in [0, 0.1) is 0 Å². The van der Waals surface area contributed by atoms with Gasteiger partial charge < -0.3 is 4.74 Å². The van der Waals surface area contributed by atoms with Crippen LogP contribution in [-0.2, 0) is 5.41 Å². The molecule has 4 heteroatoms. The molecule has 8 aromatic carbocycles. The molecular weight excluding hydrogens is 683 g/mol. The van der Waals surface area contributed by atoms with Crippen LogP contribution in [0.2, 0.25) is 0 Å². The number of fused-ring (bicyclic) bond motifs is 10. The molecule has 0 fully saturated rings. The van der Waals surface area contributed by atoms with Crippen LogP contribution in [-0.4, -0.2) is 15.0 Å². The molecule has 2 aliphatic rings. The van der Waals surface area contributed by atoms with Gasteiger partial charge in [0.15, 0.2) is 17.5 Å². The summed E-state index contributed by atoms with van der Waals surface area (Å²) in [6.07, 6.45) is 0. The standard InChI is InChI=1S/C52H33N3O/c1-3-14-35(15-4-1)49-53-50(36-16-5-2-6-17-36)55-51(54-49)38-18-13-19-40(32-38)56-39-29-26-34(27-30-39)37-28-31-44-43-22-9-12-25-47(43)52(48(44)33-37)45-23-10-7-20-41(45)42-21-8-11-24-46(42)52/h1-33H. The Hall–Kier alpha value is -7.43. The number of ether oxygens (including phenoxy) is 1. The highest BCUT2D eigenvalue weighted by molar-refractivity contribution is 5.95. The van der Waals surface area contributed by atoms with E-state index in [1.54, 1.807) is 0 Å². The van der Waals surface area contributed by atoms with Crippen LogP contribution in [0.3, 0.4) is 0 Å². The first-order valence-electron chi connectivity index (χ1n) is 18.9. The van der Waals surface area contributed by atoms with Gasteiger partial charge in [-0.15, -0.1) is 0 Å². The molecule has 0 saturated heterocycles. The second kappa shape index (κ2) is 12.9. The highest BCUT2D eigenvalue weighted by atomic mass is 16.5. The van der Waals surface area contributed by atoms with Crippen LogP contribution in [0.25, 0.3) is 67.5 Å². The lowest BCUT2D eigenvalue weighted by Crippen LogP contribution is -2.25. The smallest absolute Gasteiger partial charge is 0.164 e. The number of benzene rings is 8. The lowest BCUT2D eigenvalue weighted by molar-refractivity contribution is 0.483. The molecule has 1 heterocycles. The van der Waals surface area contributed by atoms with Crippen molar-refractivity contribution in [1.82, 2.24) is 15.0 Å². The summed E-state index contributed by atoms with van der Waals surface area (Å²) >= 11 is 0. The molecule has 0 aliphatic heterocycles. The summed E-state index contributed by atoms with van der Waals surface area (Å²) in [4.78, 5) is 14.6. The maximum absolute atomic E-state index is 6.46. The van der Waals surface area contributed by atoms with Crippen LogP contribution in [0.15, 0.2) is 200 Å². The van der Waals surface area contributed by atoms with Crippen LogP contribution in [0.5, 0.6) is 11.5 Å². The summed E-state index contributed by atoms with van der Waals surface area (Å²) < 4.78 is 6.46. The summed E-state index contributed by atoms with van der Waals surface area (Å²) in [5.41, 5.74) is 15.2. The minimum atomic E-state index is -0.370. The first-order valence-corrected chi connectivity index (χ1v) is 18.9. The van der Waals surface area contributed by atoms with Crippen LogP contribution in [0.4, 0.5) is 0 Å². The van der Waals surface area contributed by atoms with Gasteiger partial charge in [-0.25, -0.2) is 15.0 Å². The van der Waals surface area contributed by atoms with Gasteiger partial charge in [-0.3, -0.25) is 0 Å². The van der Waals surface area contributed by atoms with E-state index in [0.29, 0.717) is 23.2 Å². The second-order valence-corrected chi connectivity index (χ2v) is 14.3. The second-order valence-electron chi connectivity index (χ2n) is 14.3. The minimum Gasteiger partial charge on any atom is -0.457 e. The SMILES string of the molecule is c1ccc(-c2nc(-c3ccccc3)nc(-c3cccc(Oc4ccc(-c5ccc6c(c5)C5(c7ccccc7-c7ccccc75)c5ccccc5-6)cc4)c3)n2)cc1. The van der Waals surface area contributed by atoms with E-state index < -0.39 is 0 Å². The predicted octanol–water partition coefficient (Wildman–Crippen LogP) is 12.7. The molecule has 4 nitrogen and oxygen atoms in total. The van der Waals surface area contributed by atoms with E-state index in [-0.39, 0.29) is 5.41 Å². The Balaban J connectivity index is 0.932. The Morgan fingerprint density at radius 1 is 0.286 bits per heavy atom. The third-order valence-corrected chi connectivity index (χ3v) is 11.2. The monoisotopic (exact) mass is 715 g/mol. The number of nitrogens with zero attached hydrogens (tertiary/aromatic N) is 3. The minimum absolute atomic E-state index is 0.370. The molecule has 0 radical (unpaired) electrons.